The summed E-state index contributed by atoms with van der Waals surface area (Å²) in [5.74, 6) is 0.880. The number of nitrogens with one attached hydrogen (secondary N) is 2. The minimum atomic E-state index is 0.447. The van der Waals surface area contributed by atoms with E-state index in [0.29, 0.717) is 6.04 Å². The summed E-state index contributed by atoms with van der Waals surface area (Å²) in [6, 6.07) is 8.48. The lowest BCUT2D eigenvalue weighted by Gasteiger charge is -2.16. The van der Waals surface area contributed by atoms with Gasteiger partial charge >= 0.3 is 0 Å². The van der Waals surface area contributed by atoms with Gasteiger partial charge in [-0.1, -0.05) is 30.7 Å². The molecule has 0 aromatic heterocycles. The Morgan fingerprint density at radius 1 is 1.32 bits per heavy atom. The smallest absolute Gasteiger partial charge is 0.191 e. The van der Waals surface area contributed by atoms with Gasteiger partial charge in [0.05, 0.1) is 0 Å². The molecule has 0 radical (unpaired) electrons. The van der Waals surface area contributed by atoms with E-state index in [1.165, 1.54) is 5.56 Å². The SMILES string of the molecule is CCC(C)NC(=NC)NCCCc1ccc(Cl)cc1. The van der Waals surface area contributed by atoms with Crippen molar-refractivity contribution in [3.8, 4) is 0 Å². The fraction of sp³-hybridized carbons (Fsp3) is 0.533. The number of aliphatic imine (C=N–C) groups is 1. The van der Waals surface area contributed by atoms with Crippen LogP contribution in [0, 0.1) is 0 Å². The quantitative estimate of drug-likeness (QED) is 0.477. The van der Waals surface area contributed by atoms with Crippen LogP contribution < -0.4 is 10.6 Å². The van der Waals surface area contributed by atoms with Crippen LogP contribution in [0.1, 0.15) is 32.3 Å². The second-order valence-corrected chi connectivity index (χ2v) is 5.12. The first-order valence-corrected chi connectivity index (χ1v) is 7.25. The average Bonchev–Trinajstić information content (AvgIpc) is 2.43. The van der Waals surface area contributed by atoms with E-state index < -0.39 is 0 Å². The summed E-state index contributed by atoms with van der Waals surface area (Å²) in [5.41, 5.74) is 1.32. The molecule has 1 rings (SSSR count). The Kier molecular flexibility index (Phi) is 7.34. The maximum absolute atomic E-state index is 5.86. The van der Waals surface area contributed by atoms with E-state index in [4.69, 9.17) is 11.6 Å². The van der Waals surface area contributed by atoms with Gasteiger partial charge in [-0.3, -0.25) is 4.99 Å². The first-order valence-electron chi connectivity index (χ1n) is 6.87. The molecule has 0 aliphatic carbocycles. The normalized spacial score (nSPS) is 13.2. The number of aryl methyl sites for hydroxylation is 1. The van der Waals surface area contributed by atoms with Crippen LogP contribution in [0.4, 0.5) is 0 Å². The van der Waals surface area contributed by atoms with Gasteiger partial charge in [0.1, 0.15) is 0 Å². The van der Waals surface area contributed by atoms with E-state index in [2.05, 4.69) is 41.6 Å². The molecule has 0 fully saturated rings. The van der Waals surface area contributed by atoms with Crippen molar-refractivity contribution in [3.63, 3.8) is 0 Å². The number of hydrogen-bond acceptors (Lipinski definition) is 1. The van der Waals surface area contributed by atoms with Gasteiger partial charge < -0.3 is 10.6 Å². The topological polar surface area (TPSA) is 36.4 Å². The van der Waals surface area contributed by atoms with Crippen molar-refractivity contribution in [2.45, 2.75) is 39.2 Å². The van der Waals surface area contributed by atoms with E-state index in [1.54, 1.807) is 7.05 Å². The highest BCUT2D eigenvalue weighted by atomic mass is 35.5. The lowest BCUT2D eigenvalue weighted by molar-refractivity contribution is 0.620. The Bertz CT molecular complexity index is 387. The fourth-order valence-corrected chi connectivity index (χ4v) is 1.81. The molecule has 19 heavy (non-hydrogen) atoms. The fourth-order valence-electron chi connectivity index (χ4n) is 1.68. The van der Waals surface area contributed by atoms with Gasteiger partial charge in [0.2, 0.25) is 0 Å². The Labute approximate surface area is 121 Å². The molecule has 0 heterocycles. The predicted molar refractivity (Wildman–Crippen MR) is 84.0 cm³/mol. The molecule has 0 spiro atoms. The number of halogens is 1. The highest BCUT2D eigenvalue weighted by Crippen LogP contribution is 2.10. The van der Waals surface area contributed by atoms with Crippen molar-refractivity contribution < 1.29 is 0 Å². The zero-order chi connectivity index (χ0) is 14.1. The zero-order valence-corrected chi connectivity index (χ0v) is 12.8. The molecule has 0 aliphatic heterocycles. The third kappa shape index (κ3) is 6.48. The molecule has 1 aromatic rings. The molecule has 2 N–H and O–H groups in total. The third-order valence-electron chi connectivity index (χ3n) is 3.07. The first-order chi connectivity index (χ1) is 9.15. The molecular weight excluding hydrogens is 258 g/mol. The van der Waals surface area contributed by atoms with Crippen molar-refractivity contribution in [1.82, 2.24) is 10.6 Å². The summed E-state index contributed by atoms with van der Waals surface area (Å²) < 4.78 is 0. The van der Waals surface area contributed by atoms with Crippen molar-refractivity contribution in [2.75, 3.05) is 13.6 Å². The molecule has 0 saturated carbocycles. The Hall–Kier alpha value is -1.22. The lowest BCUT2D eigenvalue weighted by Crippen LogP contribution is -2.42. The summed E-state index contributed by atoms with van der Waals surface area (Å²) in [7, 11) is 1.80. The molecule has 106 valence electrons. The Morgan fingerprint density at radius 2 is 2.00 bits per heavy atom. The van der Waals surface area contributed by atoms with Crippen LogP contribution in [0.25, 0.3) is 0 Å². The Morgan fingerprint density at radius 3 is 2.58 bits per heavy atom. The average molecular weight is 282 g/mol. The van der Waals surface area contributed by atoms with E-state index in [9.17, 15) is 0 Å². The van der Waals surface area contributed by atoms with Crippen molar-refractivity contribution in [2.24, 2.45) is 4.99 Å². The second kappa shape index (κ2) is 8.81. The van der Waals surface area contributed by atoms with Gasteiger partial charge in [-0.15, -0.1) is 0 Å². The number of hydrogen-bond donors (Lipinski definition) is 2. The van der Waals surface area contributed by atoms with E-state index in [1.807, 2.05) is 12.1 Å². The maximum atomic E-state index is 5.86. The van der Waals surface area contributed by atoms with Crippen LogP contribution in [0.3, 0.4) is 0 Å². The zero-order valence-electron chi connectivity index (χ0n) is 12.0. The Balaban J connectivity index is 2.24. The number of benzene rings is 1. The van der Waals surface area contributed by atoms with Crippen LogP contribution >= 0.6 is 11.6 Å². The minimum absolute atomic E-state index is 0.447. The van der Waals surface area contributed by atoms with Gasteiger partial charge in [0.25, 0.3) is 0 Å². The monoisotopic (exact) mass is 281 g/mol. The molecule has 0 aliphatic rings. The first kappa shape index (κ1) is 15.8. The lowest BCUT2D eigenvalue weighted by atomic mass is 10.1. The molecule has 0 amide bonds. The maximum Gasteiger partial charge on any atom is 0.191 e. The van der Waals surface area contributed by atoms with Gasteiger partial charge in [-0.25, -0.2) is 0 Å². The molecule has 4 heteroatoms. The second-order valence-electron chi connectivity index (χ2n) is 4.68. The van der Waals surface area contributed by atoms with Crippen LogP contribution in [-0.4, -0.2) is 25.6 Å². The van der Waals surface area contributed by atoms with Gasteiger partial charge in [-0.05, 0) is 43.9 Å². The van der Waals surface area contributed by atoms with Gasteiger partial charge in [-0.2, -0.15) is 0 Å². The number of nitrogens with zero attached hydrogens (tertiary/aromatic N) is 1. The molecule has 3 nitrogen and oxygen atoms in total. The summed E-state index contributed by atoms with van der Waals surface area (Å²) in [6.45, 7) is 5.23. The van der Waals surface area contributed by atoms with E-state index in [0.717, 1.165) is 36.8 Å². The number of rotatable bonds is 6. The molecule has 0 saturated heterocycles. The van der Waals surface area contributed by atoms with Crippen molar-refractivity contribution in [3.05, 3.63) is 34.9 Å². The summed E-state index contributed by atoms with van der Waals surface area (Å²) >= 11 is 5.86. The van der Waals surface area contributed by atoms with E-state index in [-0.39, 0.29) is 0 Å². The number of guanidine groups is 1. The summed E-state index contributed by atoms with van der Waals surface area (Å²) in [6.07, 6.45) is 3.21. The predicted octanol–water partition coefficient (Wildman–Crippen LogP) is 3.24. The van der Waals surface area contributed by atoms with Crippen LogP contribution in [0.2, 0.25) is 5.02 Å². The standard InChI is InChI=1S/C15H24ClN3/c1-4-12(2)19-15(17-3)18-11-5-6-13-7-9-14(16)10-8-13/h7-10,12H,4-6,11H2,1-3H3,(H2,17,18,19). The highest BCUT2D eigenvalue weighted by molar-refractivity contribution is 6.30. The van der Waals surface area contributed by atoms with Crippen LogP contribution in [0.5, 0.6) is 0 Å². The van der Waals surface area contributed by atoms with Gasteiger partial charge in [0, 0.05) is 24.7 Å². The van der Waals surface area contributed by atoms with Crippen LogP contribution in [0.15, 0.2) is 29.3 Å². The molecule has 1 atom stereocenters. The third-order valence-corrected chi connectivity index (χ3v) is 3.32. The minimum Gasteiger partial charge on any atom is -0.356 e. The molecule has 1 unspecified atom stereocenters. The largest absolute Gasteiger partial charge is 0.356 e. The van der Waals surface area contributed by atoms with Crippen molar-refractivity contribution >= 4 is 17.6 Å². The summed E-state index contributed by atoms with van der Waals surface area (Å²) in [5, 5.41) is 7.46. The van der Waals surface area contributed by atoms with Crippen LogP contribution in [-0.2, 0) is 6.42 Å². The van der Waals surface area contributed by atoms with Gasteiger partial charge in [0.15, 0.2) is 5.96 Å². The molecular formula is C15H24ClN3. The van der Waals surface area contributed by atoms with E-state index >= 15 is 0 Å². The molecule has 0 bridgehead atoms. The molecule has 1 aromatic carbocycles. The van der Waals surface area contributed by atoms with Crippen molar-refractivity contribution in [1.29, 1.82) is 0 Å². The summed E-state index contributed by atoms with van der Waals surface area (Å²) in [4.78, 5) is 4.21. The highest BCUT2D eigenvalue weighted by Gasteiger charge is 2.01.